The third-order valence-electron chi connectivity index (χ3n) is 2.72. The van der Waals surface area contributed by atoms with Crippen molar-refractivity contribution in [2.75, 3.05) is 25.1 Å². The summed E-state index contributed by atoms with van der Waals surface area (Å²) in [5.41, 5.74) is -1.10. The predicted octanol–water partition coefficient (Wildman–Crippen LogP) is 2.58. The van der Waals surface area contributed by atoms with Crippen LogP contribution < -0.4 is 4.90 Å². The van der Waals surface area contributed by atoms with Crippen molar-refractivity contribution < 1.29 is 22.7 Å². The van der Waals surface area contributed by atoms with Gasteiger partial charge in [-0.3, -0.25) is 4.79 Å². The second-order valence-corrected chi connectivity index (χ2v) is 3.93. The molecule has 0 radical (unpaired) electrons. The Labute approximate surface area is 114 Å². The molecular formula is C13H13F3N2O2. The Hall–Kier alpha value is -2.23. The van der Waals surface area contributed by atoms with E-state index in [0.717, 1.165) is 12.1 Å². The van der Waals surface area contributed by atoms with Gasteiger partial charge in [-0.05, 0) is 25.1 Å². The molecule has 0 atom stereocenters. The zero-order valence-electron chi connectivity index (χ0n) is 11.0. The van der Waals surface area contributed by atoms with Gasteiger partial charge in [0, 0.05) is 12.2 Å². The summed E-state index contributed by atoms with van der Waals surface area (Å²) in [5.74, 6) is -0.509. The number of benzene rings is 1. The monoisotopic (exact) mass is 286 g/mol. The number of carbonyl (C=O) groups excluding carboxylic acids is 1. The summed E-state index contributed by atoms with van der Waals surface area (Å²) < 4.78 is 42.5. The van der Waals surface area contributed by atoms with Crippen LogP contribution in [0.2, 0.25) is 0 Å². The van der Waals surface area contributed by atoms with Gasteiger partial charge in [0.05, 0.1) is 24.3 Å². The maximum Gasteiger partial charge on any atom is 0.417 e. The zero-order chi connectivity index (χ0) is 15.3. The number of carbonyl (C=O) groups is 1. The molecule has 20 heavy (non-hydrogen) atoms. The number of likely N-dealkylation sites (N-methyl/N-ethyl adjacent to an activating group) is 1. The molecule has 0 aromatic heterocycles. The largest absolute Gasteiger partial charge is 0.468 e. The quantitative estimate of drug-likeness (QED) is 0.798. The first-order valence-corrected chi connectivity index (χ1v) is 5.76. The Bertz CT molecular complexity index is 535. The first-order valence-electron chi connectivity index (χ1n) is 5.76. The van der Waals surface area contributed by atoms with Gasteiger partial charge < -0.3 is 9.64 Å². The highest BCUT2D eigenvalue weighted by molar-refractivity contribution is 5.76. The maximum absolute atomic E-state index is 12.7. The first-order chi connectivity index (χ1) is 9.33. The molecule has 0 fully saturated rings. The summed E-state index contributed by atoms with van der Waals surface area (Å²) in [6, 6.07) is 4.72. The van der Waals surface area contributed by atoms with Gasteiger partial charge in [0.15, 0.2) is 0 Å². The van der Waals surface area contributed by atoms with E-state index in [1.54, 1.807) is 6.92 Å². The number of alkyl halides is 3. The average Bonchev–Trinajstić information content (AvgIpc) is 2.42. The van der Waals surface area contributed by atoms with E-state index >= 15 is 0 Å². The fraction of sp³-hybridized carbons (Fsp3) is 0.385. The summed E-state index contributed by atoms with van der Waals surface area (Å²) >= 11 is 0. The number of anilines is 1. The molecule has 1 aromatic rings. The molecule has 0 N–H and O–H groups in total. The molecule has 0 saturated heterocycles. The van der Waals surface area contributed by atoms with Crippen molar-refractivity contribution in [1.29, 1.82) is 5.26 Å². The third-order valence-corrected chi connectivity index (χ3v) is 2.72. The van der Waals surface area contributed by atoms with Crippen molar-refractivity contribution in [3.05, 3.63) is 29.3 Å². The predicted molar refractivity (Wildman–Crippen MR) is 66.1 cm³/mol. The highest BCUT2D eigenvalue weighted by Crippen LogP contribution is 2.33. The van der Waals surface area contributed by atoms with Crippen LogP contribution in [0.4, 0.5) is 18.9 Å². The second-order valence-electron chi connectivity index (χ2n) is 3.93. The van der Waals surface area contributed by atoms with Gasteiger partial charge in [0.25, 0.3) is 0 Å². The van der Waals surface area contributed by atoms with Crippen molar-refractivity contribution in [2.24, 2.45) is 0 Å². The molecule has 0 saturated carbocycles. The minimum absolute atomic E-state index is 0.0940. The normalized spacial score (nSPS) is 10.8. The van der Waals surface area contributed by atoms with Crippen LogP contribution >= 0.6 is 0 Å². The van der Waals surface area contributed by atoms with E-state index in [1.807, 2.05) is 0 Å². The molecule has 0 unspecified atom stereocenters. The Kier molecular flexibility index (Phi) is 4.97. The van der Waals surface area contributed by atoms with Gasteiger partial charge >= 0.3 is 12.1 Å². The van der Waals surface area contributed by atoms with Crippen molar-refractivity contribution >= 4 is 11.7 Å². The molecular weight excluding hydrogens is 273 g/mol. The minimum atomic E-state index is -4.58. The summed E-state index contributed by atoms with van der Waals surface area (Å²) in [6.45, 7) is 2.04. The van der Waals surface area contributed by atoms with Crippen LogP contribution in [0.3, 0.4) is 0 Å². The molecule has 0 bridgehead atoms. The number of nitrogens with zero attached hydrogens (tertiary/aromatic N) is 2. The molecule has 0 aliphatic heterocycles. The van der Waals surface area contributed by atoms with Crippen molar-refractivity contribution in [1.82, 2.24) is 0 Å². The topological polar surface area (TPSA) is 53.3 Å². The zero-order valence-corrected chi connectivity index (χ0v) is 11.0. The van der Waals surface area contributed by atoms with E-state index < -0.39 is 23.3 Å². The van der Waals surface area contributed by atoms with Crippen LogP contribution in [0.5, 0.6) is 0 Å². The third kappa shape index (κ3) is 3.63. The average molecular weight is 286 g/mol. The number of esters is 1. The highest BCUT2D eigenvalue weighted by atomic mass is 19.4. The van der Waals surface area contributed by atoms with E-state index in [-0.39, 0.29) is 6.54 Å². The van der Waals surface area contributed by atoms with E-state index in [4.69, 9.17) is 5.26 Å². The standard InChI is InChI=1S/C13H13F3N2O2/c1-3-18(8-12(19)20-2)10-4-5-11(13(14,15)16)9(6-10)7-17/h4-6H,3,8H2,1-2H3. The summed E-state index contributed by atoms with van der Waals surface area (Å²) in [4.78, 5) is 12.7. The Balaban J connectivity index is 3.15. The number of ether oxygens (including phenoxy) is 1. The van der Waals surface area contributed by atoms with Crippen LogP contribution in [0, 0.1) is 11.3 Å². The van der Waals surface area contributed by atoms with Crippen molar-refractivity contribution in [3.8, 4) is 6.07 Å². The Morgan fingerprint density at radius 1 is 1.45 bits per heavy atom. The Morgan fingerprint density at radius 3 is 2.55 bits per heavy atom. The minimum Gasteiger partial charge on any atom is -0.468 e. The molecule has 0 aliphatic rings. The van der Waals surface area contributed by atoms with E-state index in [1.165, 1.54) is 24.1 Å². The number of nitriles is 1. The van der Waals surface area contributed by atoms with E-state index in [2.05, 4.69) is 4.74 Å². The lowest BCUT2D eigenvalue weighted by Crippen LogP contribution is -2.30. The number of halogens is 3. The van der Waals surface area contributed by atoms with Crippen molar-refractivity contribution in [2.45, 2.75) is 13.1 Å². The Morgan fingerprint density at radius 2 is 2.10 bits per heavy atom. The van der Waals surface area contributed by atoms with Crippen LogP contribution in [0.1, 0.15) is 18.1 Å². The van der Waals surface area contributed by atoms with Gasteiger partial charge in [-0.1, -0.05) is 0 Å². The van der Waals surface area contributed by atoms with Gasteiger partial charge in [0.1, 0.15) is 6.54 Å². The molecule has 0 heterocycles. The summed E-state index contributed by atoms with van der Waals surface area (Å²) in [5, 5.41) is 8.83. The smallest absolute Gasteiger partial charge is 0.417 e. The SMILES string of the molecule is CCN(CC(=O)OC)c1ccc(C(F)(F)F)c(C#N)c1. The molecule has 0 aliphatic carbocycles. The van der Waals surface area contributed by atoms with Crippen LogP contribution in [0.15, 0.2) is 18.2 Å². The maximum atomic E-state index is 12.7. The molecule has 4 nitrogen and oxygen atoms in total. The van der Waals surface area contributed by atoms with Gasteiger partial charge in [-0.15, -0.1) is 0 Å². The fourth-order valence-electron chi connectivity index (χ4n) is 1.67. The molecule has 7 heteroatoms. The van der Waals surface area contributed by atoms with E-state index in [9.17, 15) is 18.0 Å². The van der Waals surface area contributed by atoms with Crippen molar-refractivity contribution in [3.63, 3.8) is 0 Å². The van der Waals surface area contributed by atoms with Gasteiger partial charge in [-0.2, -0.15) is 18.4 Å². The lowest BCUT2D eigenvalue weighted by atomic mass is 10.1. The lowest BCUT2D eigenvalue weighted by Gasteiger charge is -2.22. The fourth-order valence-corrected chi connectivity index (χ4v) is 1.67. The molecule has 1 rings (SSSR count). The van der Waals surface area contributed by atoms with E-state index in [0.29, 0.717) is 12.2 Å². The van der Waals surface area contributed by atoms with Crippen LogP contribution in [-0.2, 0) is 15.7 Å². The van der Waals surface area contributed by atoms with Crippen LogP contribution in [0.25, 0.3) is 0 Å². The van der Waals surface area contributed by atoms with Gasteiger partial charge in [-0.25, -0.2) is 0 Å². The highest BCUT2D eigenvalue weighted by Gasteiger charge is 2.33. The van der Waals surface area contributed by atoms with Crippen LogP contribution in [-0.4, -0.2) is 26.2 Å². The number of hydrogen-bond acceptors (Lipinski definition) is 4. The number of hydrogen-bond donors (Lipinski definition) is 0. The molecule has 0 amide bonds. The number of methoxy groups -OCH3 is 1. The molecule has 108 valence electrons. The molecule has 1 aromatic carbocycles. The summed E-state index contributed by atoms with van der Waals surface area (Å²) in [6.07, 6.45) is -4.58. The molecule has 0 spiro atoms. The summed E-state index contributed by atoms with van der Waals surface area (Å²) in [7, 11) is 1.23. The van der Waals surface area contributed by atoms with Gasteiger partial charge in [0.2, 0.25) is 0 Å². The second kappa shape index (κ2) is 6.28. The first kappa shape index (κ1) is 15.8. The lowest BCUT2D eigenvalue weighted by molar-refractivity contribution is -0.139. The number of rotatable bonds is 4.